The van der Waals surface area contributed by atoms with Gasteiger partial charge in [-0.2, -0.15) is 0 Å². The van der Waals surface area contributed by atoms with Gasteiger partial charge in [0.15, 0.2) is 0 Å². The van der Waals surface area contributed by atoms with Gasteiger partial charge in [-0.1, -0.05) is 60.2 Å². The molecule has 29 heavy (non-hydrogen) atoms. The normalized spacial score (nSPS) is 21.8. The highest BCUT2D eigenvalue weighted by molar-refractivity contribution is 5.78. The summed E-state index contributed by atoms with van der Waals surface area (Å²) in [6.07, 6.45) is 7.01. The van der Waals surface area contributed by atoms with E-state index in [0.717, 1.165) is 32.7 Å². The molecule has 0 bridgehead atoms. The van der Waals surface area contributed by atoms with Gasteiger partial charge in [0, 0.05) is 38.9 Å². The number of aryl methyl sites for hydroxylation is 1. The van der Waals surface area contributed by atoms with Crippen LogP contribution in [0.5, 0.6) is 0 Å². The van der Waals surface area contributed by atoms with Gasteiger partial charge in [0.25, 0.3) is 0 Å². The minimum Gasteiger partial charge on any atom is -0.360 e. The van der Waals surface area contributed by atoms with Crippen molar-refractivity contribution in [1.82, 2.24) is 20.4 Å². The number of piperazine rings is 1. The fraction of sp³-hybridized carbons (Fsp3) is 0.280. The van der Waals surface area contributed by atoms with Crippen molar-refractivity contribution < 1.29 is 0 Å². The molecule has 0 spiro atoms. The van der Waals surface area contributed by atoms with Crippen LogP contribution in [0.25, 0.3) is 11.3 Å². The lowest BCUT2D eigenvalue weighted by Gasteiger charge is -2.32. The van der Waals surface area contributed by atoms with Gasteiger partial charge in [0.2, 0.25) is 0 Å². The zero-order valence-electron chi connectivity index (χ0n) is 16.9. The largest absolute Gasteiger partial charge is 0.360 e. The molecule has 3 aliphatic rings. The monoisotopic (exact) mass is 384 g/mol. The number of nitrogens with one attached hydrogen (secondary N) is 2. The van der Waals surface area contributed by atoms with Gasteiger partial charge in [-0.05, 0) is 35.8 Å². The molecular formula is C25H28N4. The molecule has 0 radical (unpaired) electrons. The first kappa shape index (κ1) is 18.2. The Balaban J connectivity index is 1.53. The molecular weight excluding hydrogens is 356 g/mol. The Bertz CT molecular complexity index is 967. The summed E-state index contributed by atoms with van der Waals surface area (Å²) in [6.45, 7) is 7.43. The van der Waals surface area contributed by atoms with E-state index in [0.29, 0.717) is 0 Å². The van der Waals surface area contributed by atoms with Crippen molar-refractivity contribution in [3.05, 3.63) is 95.3 Å². The van der Waals surface area contributed by atoms with E-state index in [4.69, 9.17) is 0 Å². The van der Waals surface area contributed by atoms with E-state index < -0.39 is 0 Å². The van der Waals surface area contributed by atoms with Crippen LogP contribution < -0.4 is 10.6 Å². The van der Waals surface area contributed by atoms with E-state index in [1.54, 1.807) is 0 Å². The molecule has 1 atom stereocenters. The molecule has 0 amide bonds. The van der Waals surface area contributed by atoms with Gasteiger partial charge in [0.05, 0.1) is 11.4 Å². The average Bonchev–Trinajstić information content (AvgIpc) is 3.13. The van der Waals surface area contributed by atoms with E-state index in [9.17, 15) is 0 Å². The standard InChI is InChI=1S/C25H28N4/c1-19-6-5-9-21(16-19)25-23(18-28-14-12-26-13-15-28)29-17-22(10-11-24(29)27-25)20-7-3-2-4-8-20/h2-11,16-17,24,26-27H,12-15,18H2,1H3. The van der Waals surface area contributed by atoms with Gasteiger partial charge in [-0.3, -0.25) is 4.90 Å². The molecule has 148 valence electrons. The summed E-state index contributed by atoms with van der Waals surface area (Å²) in [4.78, 5) is 4.99. The second-order valence-corrected chi connectivity index (χ2v) is 8.02. The molecule has 4 heteroatoms. The average molecular weight is 385 g/mol. The van der Waals surface area contributed by atoms with Gasteiger partial charge in [-0.25, -0.2) is 0 Å². The third-order valence-corrected chi connectivity index (χ3v) is 5.93. The minimum atomic E-state index is 0.177. The maximum absolute atomic E-state index is 3.78. The molecule has 1 unspecified atom stereocenters. The molecule has 2 aromatic carbocycles. The summed E-state index contributed by atoms with van der Waals surface area (Å²) < 4.78 is 0. The predicted octanol–water partition coefficient (Wildman–Crippen LogP) is 3.41. The third-order valence-electron chi connectivity index (χ3n) is 5.93. The summed E-state index contributed by atoms with van der Waals surface area (Å²) >= 11 is 0. The fourth-order valence-corrected chi connectivity index (χ4v) is 4.38. The maximum Gasteiger partial charge on any atom is 0.123 e. The van der Waals surface area contributed by atoms with E-state index in [2.05, 4.69) is 100 Å². The molecule has 3 heterocycles. The molecule has 2 N–H and O–H groups in total. The number of allylic oxidation sites excluding steroid dienone is 2. The predicted molar refractivity (Wildman–Crippen MR) is 120 cm³/mol. The molecule has 0 aromatic heterocycles. The van der Waals surface area contributed by atoms with Crippen molar-refractivity contribution in [2.75, 3.05) is 32.7 Å². The van der Waals surface area contributed by atoms with Crippen LogP contribution in [0.4, 0.5) is 0 Å². The zero-order valence-corrected chi connectivity index (χ0v) is 16.9. The van der Waals surface area contributed by atoms with Crippen molar-refractivity contribution in [2.24, 2.45) is 0 Å². The summed E-state index contributed by atoms with van der Waals surface area (Å²) in [6, 6.07) is 19.5. The lowest BCUT2D eigenvalue weighted by Crippen LogP contribution is -2.45. The highest BCUT2D eigenvalue weighted by atomic mass is 15.3. The molecule has 5 rings (SSSR count). The summed E-state index contributed by atoms with van der Waals surface area (Å²) in [7, 11) is 0. The van der Waals surface area contributed by atoms with Crippen LogP contribution in [0.15, 0.2) is 78.6 Å². The smallest absolute Gasteiger partial charge is 0.123 e. The van der Waals surface area contributed by atoms with Gasteiger partial charge in [-0.15, -0.1) is 0 Å². The van der Waals surface area contributed by atoms with Crippen LogP contribution in [0.3, 0.4) is 0 Å². The Morgan fingerprint density at radius 2 is 1.76 bits per heavy atom. The Morgan fingerprint density at radius 1 is 0.966 bits per heavy atom. The number of benzene rings is 2. The van der Waals surface area contributed by atoms with Crippen LogP contribution in [0.2, 0.25) is 0 Å². The van der Waals surface area contributed by atoms with Crippen molar-refractivity contribution in [3.63, 3.8) is 0 Å². The first-order chi connectivity index (χ1) is 14.3. The van der Waals surface area contributed by atoms with Gasteiger partial charge >= 0.3 is 0 Å². The summed E-state index contributed by atoms with van der Waals surface area (Å²) in [5.74, 6) is 0. The molecule has 1 saturated heterocycles. The lowest BCUT2D eigenvalue weighted by atomic mass is 10.0. The first-order valence-corrected chi connectivity index (χ1v) is 10.5. The number of nitrogens with zero attached hydrogens (tertiary/aromatic N) is 2. The van der Waals surface area contributed by atoms with E-state index >= 15 is 0 Å². The SMILES string of the molecule is Cc1cccc(C2=C(CN3CCNCC3)N3C=C(c4ccccc4)C=CC3N2)c1. The number of fused-ring (bicyclic) bond motifs is 1. The van der Waals surface area contributed by atoms with E-state index in [1.807, 2.05) is 0 Å². The van der Waals surface area contributed by atoms with Gasteiger partial charge in [0.1, 0.15) is 6.17 Å². The number of rotatable bonds is 4. The molecule has 0 saturated carbocycles. The third kappa shape index (κ3) is 3.74. The molecule has 0 aliphatic carbocycles. The van der Waals surface area contributed by atoms with Crippen molar-refractivity contribution in [2.45, 2.75) is 13.1 Å². The van der Waals surface area contributed by atoms with Crippen LogP contribution in [0, 0.1) is 6.92 Å². The van der Waals surface area contributed by atoms with Crippen molar-refractivity contribution >= 4 is 11.3 Å². The quantitative estimate of drug-likeness (QED) is 0.846. The van der Waals surface area contributed by atoms with Crippen LogP contribution >= 0.6 is 0 Å². The summed E-state index contributed by atoms with van der Waals surface area (Å²) in [5.41, 5.74) is 7.69. The number of hydrogen-bond acceptors (Lipinski definition) is 4. The second kappa shape index (κ2) is 7.90. The fourth-order valence-electron chi connectivity index (χ4n) is 4.38. The van der Waals surface area contributed by atoms with Crippen molar-refractivity contribution in [3.8, 4) is 0 Å². The second-order valence-electron chi connectivity index (χ2n) is 8.02. The highest BCUT2D eigenvalue weighted by Gasteiger charge is 2.32. The zero-order chi connectivity index (χ0) is 19.6. The first-order valence-electron chi connectivity index (χ1n) is 10.5. The van der Waals surface area contributed by atoms with E-state index in [1.165, 1.54) is 33.7 Å². The Kier molecular flexibility index (Phi) is 4.96. The van der Waals surface area contributed by atoms with Crippen LogP contribution in [-0.2, 0) is 0 Å². The summed E-state index contributed by atoms with van der Waals surface area (Å²) in [5, 5.41) is 7.24. The molecule has 1 fully saturated rings. The topological polar surface area (TPSA) is 30.5 Å². The van der Waals surface area contributed by atoms with E-state index in [-0.39, 0.29) is 6.17 Å². The Labute approximate surface area is 173 Å². The van der Waals surface area contributed by atoms with Gasteiger partial charge < -0.3 is 15.5 Å². The maximum atomic E-state index is 3.78. The Morgan fingerprint density at radius 3 is 2.55 bits per heavy atom. The molecule has 2 aromatic rings. The highest BCUT2D eigenvalue weighted by Crippen LogP contribution is 2.34. The minimum absolute atomic E-state index is 0.177. The number of hydrogen-bond donors (Lipinski definition) is 2. The molecule has 4 nitrogen and oxygen atoms in total. The van der Waals surface area contributed by atoms with Crippen molar-refractivity contribution in [1.29, 1.82) is 0 Å². The lowest BCUT2D eigenvalue weighted by molar-refractivity contribution is 0.239. The van der Waals surface area contributed by atoms with Crippen LogP contribution in [-0.4, -0.2) is 48.7 Å². The van der Waals surface area contributed by atoms with Crippen LogP contribution in [0.1, 0.15) is 16.7 Å². The Hall–Kier alpha value is -2.82. The molecule has 3 aliphatic heterocycles.